The van der Waals surface area contributed by atoms with Gasteiger partial charge in [-0.05, 0) is 18.1 Å². The number of amides is 1. The van der Waals surface area contributed by atoms with E-state index in [-0.39, 0.29) is 11.9 Å². The number of benzene rings is 3. The zero-order chi connectivity index (χ0) is 20.8. The Morgan fingerprint density at radius 3 is 2.23 bits per heavy atom. The molecule has 150 valence electrons. The van der Waals surface area contributed by atoms with E-state index in [9.17, 15) is 4.79 Å². The molecule has 0 saturated heterocycles. The first-order valence-corrected chi connectivity index (χ1v) is 10.1. The SMILES string of the molecule is Cc1ccc(C(NC(=O)CCc2ncc(-c3ccccc3)o2)c2ccccc2)cc1. The highest BCUT2D eigenvalue weighted by Gasteiger charge is 2.17. The van der Waals surface area contributed by atoms with Crippen LogP contribution >= 0.6 is 0 Å². The molecule has 1 aromatic heterocycles. The quantitative estimate of drug-likeness (QED) is 0.449. The summed E-state index contributed by atoms with van der Waals surface area (Å²) in [7, 11) is 0. The zero-order valence-electron chi connectivity index (χ0n) is 16.9. The number of aromatic nitrogens is 1. The van der Waals surface area contributed by atoms with E-state index in [2.05, 4.69) is 41.5 Å². The molecule has 3 aromatic carbocycles. The smallest absolute Gasteiger partial charge is 0.221 e. The molecule has 1 amide bonds. The molecule has 30 heavy (non-hydrogen) atoms. The predicted molar refractivity (Wildman–Crippen MR) is 118 cm³/mol. The van der Waals surface area contributed by atoms with Gasteiger partial charge in [-0.2, -0.15) is 0 Å². The van der Waals surface area contributed by atoms with E-state index in [0.717, 1.165) is 16.7 Å². The van der Waals surface area contributed by atoms with E-state index in [0.29, 0.717) is 24.5 Å². The molecular weight excluding hydrogens is 372 g/mol. The Kier molecular flexibility index (Phi) is 6.04. The molecule has 1 heterocycles. The van der Waals surface area contributed by atoms with Gasteiger partial charge < -0.3 is 9.73 Å². The number of carbonyl (C=O) groups is 1. The summed E-state index contributed by atoms with van der Waals surface area (Å²) < 4.78 is 5.82. The molecule has 0 aliphatic rings. The molecule has 0 radical (unpaired) electrons. The van der Waals surface area contributed by atoms with E-state index in [1.54, 1.807) is 6.20 Å². The standard InChI is InChI=1S/C26H24N2O2/c1-19-12-14-22(15-13-19)26(21-10-6-3-7-11-21)28-24(29)16-17-25-27-18-23(30-25)20-8-4-2-5-9-20/h2-15,18,26H,16-17H2,1H3,(H,28,29). The molecule has 4 nitrogen and oxygen atoms in total. The van der Waals surface area contributed by atoms with Gasteiger partial charge >= 0.3 is 0 Å². The summed E-state index contributed by atoms with van der Waals surface area (Å²) in [6.45, 7) is 2.06. The molecule has 4 heteroatoms. The highest BCUT2D eigenvalue weighted by Crippen LogP contribution is 2.23. The van der Waals surface area contributed by atoms with E-state index < -0.39 is 0 Å². The molecule has 4 rings (SSSR count). The molecule has 0 aliphatic carbocycles. The molecule has 0 saturated carbocycles. The first kappa shape index (κ1) is 19.6. The highest BCUT2D eigenvalue weighted by atomic mass is 16.4. The van der Waals surface area contributed by atoms with Gasteiger partial charge in [0.25, 0.3) is 0 Å². The Bertz CT molecular complexity index is 1090. The molecule has 1 atom stereocenters. The maximum absolute atomic E-state index is 12.7. The fourth-order valence-corrected chi connectivity index (χ4v) is 3.38. The first-order valence-electron chi connectivity index (χ1n) is 10.1. The molecule has 4 aromatic rings. The molecule has 1 unspecified atom stereocenters. The second kappa shape index (κ2) is 9.23. The lowest BCUT2D eigenvalue weighted by atomic mass is 9.97. The Morgan fingerprint density at radius 2 is 1.53 bits per heavy atom. The van der Waals surface area contributed by atoms with Crippen molar-refractivity contribution in [2.24, 2.45) is 0 Å². The summed E-state index contributed by atoms with van der Waals surface area (Å²) in [4.78, 5) is 17.1. The van der Waals surface area contributed by atoms with Crippen molar-refractivity contribution in [1.82, 2.24) is 10.3 Å². The lowest BCUT2D eigenvalue weighted by molar-refractivity contribution is -0.121. The number of hydrogen-bond acceptors (Lipinski definition) is 3. The van der Waals surface area contributed by atoms with Crippen molar-refractivity contribution in [3.8, 4) is 11.3 Å². The monoisotopic (exact) mass is 396 g/mol. The normalized spacial score (nSPS) is 11.8. The van der Waals surface area contributed by atoms with Crippen molar-refractivity contribution >= 4 is 5.91 Å². The maximum Gasteiger partial charge on any atom is 0.221 e. The highest BCUT2D eigenvalue weighted by molar-refractivity contribution is 5.77. The van der Waals surface area contributed by atoms with Crippen molar-refractivity contribution in [3.63, 3.8) is 0 Å². The van der Waals surface area contributed by atoms with Crippen LogP contribution in [0.1, 0.15) is 35.0 Å². The van der Waals surface area contributed by atoms with E-state index >= 15 is 0 Å². The van der Waals surface area contributed by atoms with E-state index in [4.69, 9.17) is 4.42 Å². The average Bonchev–Trinajstić information content (AvgIpc) is 3.27. The van der Waals surface area contributed by atoms with E-state index in [1.165, 1.54) is 5.56 Å². The molecular formula is C26H24N2O2. The van der Waals surface area contributed by atoms with Crippen molar-refractivity contribution in [2.45, 2.75) is 25.8 Å². The van der Waals surface area contributed by atoms with Crippen LogP contribution in [0.15, 0.2) is 95.5 Å². The average molecular weight is 396 g/mol. The van der Waals surface area contributed by atoms with Crippen LogP contribution in [-0.4, -0.2) is 10.9 Å². The summed E-state index contributed by atoms with van der Waals surface area (Å²) in [6, 6.07) is 27.9. The number of hydrogen-bond donors (Lipinski definition) is 1. The number of nitrogens with zero attached hydrogens (tertiary/aromatic N) is 1. The van der Waals surface area contributed by atoms with Gasteiger partial charge in [0, 0.05) is 18.4 Å². The van der Waals surface area contributed by atoms with Crippen LogP contribution in [0, 0.1) is 6.92 Å². The number of nitrogens with one attached hydrogen (secondary N) is 1. The fourth-order valence-electron chi connectivity index (χ4n) is 3.38. The van der Waals surface area contributed by atoms with Crippen molar-refractivity contribution < 1.29 is 9.21 Å². The zero-order valence-corrected chi connectivity index (χ0v) is 16.9. The van der Waals surface area contributed by atoms with Crippen LogP contribution in [0.2, 0.25) is 0 Å². The van der Waals surface area contributed by atoms with Gasteiger partial charge in [0.2, 0.25) is 5.91 Å². The topological polar surface area (TPSA) is 55.1 Å². The Balaban J connectivity index is 1.43. The van der Waals surface area contributed by atoms with Crippen molar-refractivity contribution in [1.29, 1.82) is 0 Å². The largest absolute Gasteiger partial charge is 0.441 e. The van der Waals surface area contributed by atoms with Gasteiger partial charge in [-0.15, -0.1) is 0 Å². The van der Waals surface area contributed by atoms with Gasteiger partial charge in [-0.25, -0.2) is 4.98 Å². The molecule has 1 N–H and O–H groups in total. The van der Waals surface area contributed by atoms with Crippen LogP contribution in [0.4, 0.5) is 0 Å². The third kappa shape index (κ3) is 4.84. The molecule has 0 fully saturated rings. The third-order valence-corrected chi connectivity index (χ3v) is 5.03. The molecule has 0 bridgehead atoms. The molecule has 0 spiro atoms. The van der Waals surface area contributed by atoms with Crippen LogP contribution in [0.3, 0.4) is 0 Å². The Labute approximate surface area is 176 Å². The fraction of sp³-hybridized carbons (Fsp3) is 0.154. The minimum absolute atomic E-state index is 0.0381. The van der Waals surface area contributed by atoms with Crippen LogP contribution in [0.25, 0.3) is 11.3 Å². The summed E-state index contributed by atoms with van der Waals surface area (Å²) in [6.07, 6.45) is 2.47. The number of oxazole rings is 1. The molecule has 0 aliphatic heterocycles. The summed E-state index contributed by atoms with van der Waals surface area (Å²) >= 11 is 0. The minimum Gasteiger partial charge on any atom is -0.441 e. The van der Waals surface area contributed by atoms with Crippen LogP contribution < -0.4 is 5.32 Å². The van der Waals surface area contributed by atoms with Crippen molar-refractivity contribution in [3.05, 3.63) is 114 Å². The van der Waals surface area contributed by atoms with Gasteiger partial charge in [0.1, 0.15) is 0 Å². The van der Waals surface area contributed by atoms with Crippen LogP contribution in [0.5, 0.6) is 0 Å². The third-order valence-electron chi connectivity index (χ3n) is 5.03. The van der Waals surface area contributed by atoms with Crippen LogP contribution in [-0.2, 0) is 11.2 Å². The predicted octanol–water partition coefficient (Wildman–Crippen LogP) is 5.49. The lowest BCUT2D eigenvalue weighted by Gasteiger charge is -2.20. The summed E-state index contributed by atoms with van der Waals surface area (Å²) in [5.41, 5.74) is 4.28. The first-order chi connectivity index (χ1) is 14.7. The number of rotatable bonds is 7. The minimum atomic E-state index is -0.191. The van der Waals surface area contributed by atoms with Gasteiger partial charge in [0.15, 0.2) is 11.7 Å². The summed E-state index contributed by atoms with van der Waals surface area (Å²) in [5.74, 6) is 1.24. The maximum atomic E-state index is 12.7. The van der Waals surface area contributed by atoms with Gasteiger partial charge in [-0.1, -0.05) is 90.5 Å². The van der Waals surface area contributed by atoms with Gasteiger partial charge in [0.05, 0.1) is 12.2 Å². The Morgan fingerprint density at radius 1 is 0.900 bits per heavy atom. The number of aryl methyl sites for hydroxylation is 2. The second-order valence-electron chi connectivity index (χ2n) is 7.31. The van der Waals surface area contributed by atoms with Crippen molar-refractivity contribution in [2.75, 3.05) is 0 Å². The Hall–Kier alpha value is -3.66. The lowest BCUT2D eigenvalue weighted by Crippen LogP contribution is -2.29. The number of carbonyl (C=O) groups excluding carboxylic acids is 1. The second-order valence-corrected chi connectivity index (χ2v) is 7.31. The summed E-state index contributed by atoms with van der Waals surface area (Å²) in [5, 5.41) is 3.17. The van der Waals surface area contributed by atoms with E-state index in [1.807, 2.05) is 60.7 Å². The van der Waals surface area contributed by atoms with Gasteiger partial charge in [-0.3, -0.25) is 4.79 Å².